The molecule has 136 valence electrons. The molecule has 0 aromatic heterocycles. The van der Waals surface area contributed by atoms with E-state index in [-0.39, 0.29) is 24.0 Å². The number of likely N-dealkylation sites (tertiary alicyclic amines) is 1. The van der Waals surface area contributed by atoms with Gasteiger partial charge in [0.2, 0.25) is 5.91 Å². The molecule has 0 saturated carbocycles. The van der Waals surface area contributed by atoms with Gasteiger partial charge in [-0.15, -0.1) is 0 Å². The summed E-state index contributed by atoms with van der Waals surface area (Å²) in [6, 6.07) is 8.53. The standard InChI is InChI=1S/C19H28N4O2/c1-14(2)23-13-16(12-18(23)24)20-19(25)22-9-7-21(8-10-22)17-6-4-5-15(3)11-17/h4-6,11,14,16H,7-10,12-13H2,1-3H3,(H,20,25). The molecule has 0 bridgehead atoms. The summed E-state index contributed by atoms with van der Waals surface area (Å²) in [5.41, 5.74) is 2.47. The van der Waals surface area contributed by atoms with Crippen LogP contribution in [0.5, 0.6) is 0 Å². The van der Waals surface area contributed by atoms with Gasteiger partial charge in [0.1, 0.15) is 0 Å². The molecule has 2 aliphatic rings. The Bertz CT molecular complexity index is 638. The molecule has 1 unspecified atom stereocenters. The van der Waals surface area contributed by atoms with Crippen LogP contribution in [0.1, 0.15) is 25.8 Å². The van der Waals surface area contributed by atoms with E-state index in [1.165, 1.54) is 11.3 Å². The maximum Gasteiger partial charge on any atom is 0.317 e. The molecule has 0 radical (unpaired) electrons. The minimum absolute atomic E-state index is 0.0488. The molecule has 2 saturated heterocycles. The van der Waals surface area contributed by atoms with Gasteiger partial charge in [-0.05, 0) is 38.5 Å². The van der Waals surface area contributed by atoms with E-state index in [0.717, 1.165) is 13.1 Å². The molecule has 0 spiro atoms. The zero-order valence-corrected chi connectivity index (χ0v) is 15.4. The monoisotopic (exact) mass is 344 g/mol. The number of amides is 3. The van der Waals surface area contributed by atoms with Crippen molar-refractivity contribution in [1.29, 1.82) is 0 Å². The van der Waals surface area contributed by atoms with Crippen LogP contribution in [0, 0.1) is 6.92 Å². The molecule has 1 N–H and O–H groups in total. The fraction of sp³-hybridized carbons (Fsp3) is 0.579. The number of carbonyl (C=O) groups is 2. The second-order valence-corrected chi connectivity index (χ2v) is 7.30. The normalized spacial score (nSPS) is 21.2. The Morgan fingerprint density at radius 3 is 2.52 bits per heavy atom. The van der Waals surface area contributed by atoms with E-state index in [0.29, 0.717) is 26.1 Å². The van der Waals surface area contributed by atoms with Crippen LogP contribution >= 0.6 is 0 Å². The molecule has 6 heteroatoms. The highest BCUT2D eigenvalue weighted by Gasteiger charge is 2.33. The highest BCUT2D eigenvalue weighted by atomic mass is 16.2. The minimum Gasteiger partial charge on any atom is -0.368 e. The van der Waals surface area contributed by atoms with Crippen molar-refractivity contribution in [2.24, 2.45) is 0 Å². The molecule has 6 nitrogen and oxygen atoms in total. The number of hydrogen-bond acceptors (Lipinski definition) is 3. The van der Waals surface area contributed by atoms with Gasteiger partial charge in [0.15, 0.2) is 0 Å². The average Bonchev–Trinajstić information content (AvgIpc) is 2.95. The molecule has 2 aliphatic heterocycles. The summed E-state index contributed by atoms with van der Waals surface area (Å²) < 4.78 is 0. The van der Waals surface area contributed by atoms with Crippen LogP contribution in [0.25, 0.3) is 0 Å². The number of nitrogens with one attached hydrogen (secondary N) is 1. The molecule has 25 heavy (non-hydrogen) atoms. The molecule has 2 heterocycles. The molecular formula is C19H28N4O2. The summed E-state index contributed by atoms with van der Waals surface area (Å²) in [7, 11) is 0. The van der Waals surface area contributed by atoms with Crippen LogP contribution in [0.4, 0.5) is 10.5 Å². The van der Waals surface area contributed by atoms with Crippen molar-refractivity contribution in [1.82, 2.24) is 15.1 Å². The largest absolute Gasteiger partial charge is 0.368 e. The third kappa shape index (κ3) is 4.06. The maximum absolute atomic E-state index is 12.5. The number of aryl methyl sites for hydroxylation is 1. The van der Waals surface area contributed by atoms with Crippen molar-refractivity contribution < 1.29 is 9.59 Å². The Hall–Kier alpha value is -2.24. The second kappa shape index (κ2) is 7.33. The number of piperazine rings is 1. The van der Waals surface area contributed by atoms with Crippen molar-refractivity contribution in [3.63, 3.8) is 0 Å². The van der Waals surface area contributed by atoms with Gasteiger partial charge < -0.3 is 20.0 Å². The quantitative estimate of drug-likeness (QED) is 0.910. The minimum atomic E-state index is -0.0720. The van der Waals surface area contributed by atoms with E-state index >= 15 is 0 Å². The average molecular weight is 344 g/mol. The molecular weight excluding hydrogens is 316 g/mol. The van der Waals surface area contributed by atoms with Crippen molar-refractivity contribution in [2.75, 3.05) is 37.6 Å². The molecule has 2 fully saturated rings. The van der Waals surface area contributed by atoms with Crippen molar-refractivity contribution in [2.45, 2.75) is 39.3 Å². The van der Waals surface area contributed by atoms with Gasteiger partial charge in [0.05, 0.1) is 6.04 Å². The molecule has 3 rings (SSSR count). The van der Waals surface area contributed by atoms with Gasteiger partial charge in [-0.1, -0.05) is 12.1 Å². The summed E-state index contributed by atoms with van der Waals surface area (Å²) in [6.45, 7) is 9.79. The maximum atomic E-state index is 12.5. The Kier molecular flexibility index (Phi) is 5.16. The van der Waals surface area contributed by atoms with E-state index in [2.05, 4.69) is 41.4 Å². The summed E-state index contributed by atoms with van der Waals surface area (Å²) in [5, 5.41) is 3.03. The van der Waals surface area contributed by atoms with E-state index in [1.54, 1.807) is 0 Å². The van der Waals surface area contributed by atoms with Crippen LogP contribution in [0.3, 0.4) is 0 Å². The number of rotatable bonds is 3. The first kappa shape index (κ1) is 17.6. The first-order valence-corrected chi connectivity index (χ1v) is 9.10. The van der Waals surface area contributed by atoms with Gasteiger partial charge in [0.25, 0.3) is 0 Å². The van der Waals surface area contributed by atoms with Crippen LogP contribution in [-0.4, -0.2) is 66.5 Å². The highest BCUT2D eigenvalue weighted by molar-refractivity contribution is 5.82. The van der Waals surface area contributed by atoms with Crippen LogP contribution < -0.4 is 10.2 Å². The first-order chi connectivity index (χ1) is 11.9. The summed E-state index contributed by atoms with van der Waals surface area (Å²) in [4.78, 5) is 30.5. The Balaban J connectivity index is 1.50. The van der Waals surface area contributed by atoms with Gasteiger partial charge >= 0.3 is 6.03 Å². The molecule has 1 aromatic rings. The fourth-order valence-electron chi connectivity index (χ4n) is 3.59. The fourth-order valence-corrected chi connectivity index (χ4v) is 3.59. The van der Waals surface area contributed by atoms with E-state index in [4.69, 9.17) is 0 Å². The number of hydrogen-bond donors (Lipinski definition) is 1. The van der Waals surface area contributed by atoms with E-state index in [1.807, 2.05) is 23.6 Å². The van der Waals surface area contributed by atoms with E-state index < -0.39 is 0 Å². The SMILES string of the molecule is Cc1cccc(N2CCN(C(=O)NC3CC(=O)N(C(C)C)C3)CC2)c1. The summed E-state index contributed by atoms with van der Waals surface area (Å²) in [5.74, 6) is 0.129. The second-order valence-electron chi connectivity index (χ2n) is 7.30. The van der Waals surface area contributed by atoms with Gasteiger partial charge in [-0.3, -0.25) is 4.79 Å². The number of urea groups is 1. The number of carbonyl (C=O) groups excluding carboxylic acids is 2. The molecule has 1 atom stereocenters. The number of benzene rings is 1. The Labute approximate surface area is 149 Å². The van der Waals surface area contributed by atoms with Crippen LogP contribution in [-0.2, 0) is 4.79 Å². The zero-order chi connectivity index (χ0) is 18.0. The smallest absolute Gasteiger partial charge is 0.317 e. The van der Waals surface area contributed by atoms with Crippen molar-refractivity contribution in [3.05, 3.63) is 29.8 Å². The first-order valence-electron chi connectivity index (χ1n) is 9.10. The zero-order valence-electron chi connectivity index (χ0n) is 15.4. The van der Waals surface area contributed by atoms with E-state index in [9.17, 15) is 9.59 Å². The van der Waals surface area contributed by atoms with Crippen LogP contribution in [0.15, 0.2) is 24.3 Å². The lowest BCUT2D eigenvalue weighted by molar-refractivity contribution is -0.129. The number of nitrogens with zero attached hydrogens (tertiary/aromatic N) is 3. The lowest BCUT2D eigenvalue weighted by Crippen LogP contribution is -2.54. The van der Waals surface area contributed by atoms with Gasteiger partial charge in [-0.2, -0.15) is 0 Å². The lowest BCUT2D eigenvalue weighted by atomic mass is 10.2. The Morgan fingerprint density at radius 2 is 1.92 bits per heavy atom. The Morgan fingerprint density at radius 1 is 1.20 bits per heavy atom. The predicted octanol–water partition coefficient (Wildman–Crippen LogP) is 1.84. The summed E-state index contributed by atoms with van der Waals surface area (Å²) >= 11 is 0. The molecule has 3 amide bonds. The number of anilines is 1. The van der Waals surface area contributed by atoms with Crippen molar-refractivity contribution in [3.8, 4) is 0 Å². The van der Waals surface area contributed by atoms with Crippen molar-refractivity contribution >= 4 is 17.6 Å². The predicted molar refractivity (Wildman–Crippen MR) is 98.8 cm³/mol. The topological polar surface area (TPSA) is 55.9 Å². The van der Waals surface area contributed by atoms with Crippen LogP contribution in [0.2, 0.25) is 0 Å². The third-order valence-corrected chi connectivity index (χ3v) is 5.04. The molecule has 0 aliphatic carbocycles. The lowest BCUT2D eigenvalue weighted by Gasteiger charge is -2.36. The third-order valence-electron chi connectivity index (χ3n) is 5.04. The molecule has 1 aromatic carbocycles. The highest BCUT2D eigenvalue weighted by Crippen LogP contribution is 2.18. The summed E-state index contributed by atoms with van der Waals surface area (Å²) in [6.07, 6.45) is 0.410. The van der Waals surface area contributed by atoms with Gasteiger partial charge in [-0.25, -0.2) is 4.79 Å². The van der Waals surface area contributed by atoms with Gasteiger partial charge in [0, 0.05) is 50.9 Å².